The smallest absolute Gasteiger partial charge is 0.122 e. The maximum absolute atomic E-state index is 5.52. The minimum atomic E-state index is 0.286. The summed E-state index contributed by atoms with van der Waals surface area (Å²) in [6, 6.07) is 15.0. The quantitative estimate of drug-likeness (QED) is 0.896. The average Bonchev–Trinajstić information content (AvgIpc) is 2.87. The topological polar surface area (TPSA) is 21.3 Å². The fraction of sp³-hybridized carbons (Fsp3) is 0.250. The summed E-state index contributed by atoms with van der Waals surface area (Å²) in [5, 5.41) is 3.54. The van der Waals surface area contributed by atoms with E-state index >= 15 is 0 Å². The van der Waals surface area contributed by atoms with E-state index in [9.17, 15) is 0 Å². The SMILES string of the molecule is CC(Nc1ccc2c(c1)CCO2)c1ccc(Br)cc1. The molecule has 1 unspecified atom stereocenters. The molecule has 1 N–H and O–H groups in total. The van der Waals surface area contributed by atoms with Gasteiger partial charge in [0.15, 0.2) is 0 Å². The van der Waals surface area contributed by atoms with Crippen molar-refractivity contribution in [1.29, 1.82) is 0 Å². The molecule has 1 heterocycles. The van der Waals surface area contributed by atoms with Crippen LogP contribution in [-0.2, 0) is 6.42 Å². The van der Waals surface area contributed by atoms with Gasteiger partial charge in [-0.25, -0.2) is 0 Å². The van der Waals surface area contributed by atoms with E-state index in [0.29, 0.717) is 0 Å². The summed E-state index contributed by atoms with van der Waals surface area (Å²) in [7, 11) is 0. The summed E-state index contributed by atoms with van der Waals surface area (Å²) in [5.74, 6) is 1.03. The highest BCUT2D eigenvalue weighted by Crippen LogP contribution is 2.29. The van der Waals surface area contributed by atoms with Crippen LogP contribution in [0.4, 0.5) is 5.69 Å². The van der Waals surface area contributed by atoms with Gasteiger partial charge >= 0.3 is 0 Å². The van der Waals surface area contributed by atoms with Crippen LogP contribution < -0.4 is 10.1 Å². The van der Waals surface area contributed by atoms with Gasteiger partial charge in [-0.2, -0.15) is 0 Å². The normalized spacial score (nSPS) is 14.6. The van der Waals surface area contributed by atoms with Crippen molar-refractivity contribution in [3.8, 4) is 5.75 Å². The van der Waals surface area contributed by atoms with Crippen LogP contribution in [0.15, 0.2) is 46.9 Å². The number of halogens is 1. The molecule has 0 amide bonds. The van der Waals surface area contributed by atoms with Crippen LogP contribution in [0.25, 0.3) is 0 Å². The van der Waals surface area contributed by atoms with Crippen LogP contribution in [0.1, 0.15) is 24.1 Å². The van der Waals surface area contributed by atoms with Gasteiger partial charge in [0.2, 0.25) is 0 Å². The number of ether oxygens (including phenoxy) is 1. The Morgan fingerprint density at radius 3 is 2.74 bits per heavy atom. The van der Waals surface area contributed by atoms with Gasteiger partial charge in [0.05, 0.1) is 6.61 Å². The van der Waals surface area contributed by atoms with E-state index in [1.54, 1.807) is 0 Å². The third kappa shape index (κ3) is 2.76. The monoisotopic (exact) mass is 317 g/mol. The molecule has 2 aromatic carbocycles. The van der Waals surface area contributed by atoms with Crippen molar-refractivity contribution in [3.05, 3.63) is 58.1 Å². The molecule has 0 bridgehead atoms. The third-order valence-electron chi connectivity index (χ3n) is 3.44. The summed E-state index contributed by atoms with van der Waals surface area (Å²) in [5.41, 5.74) is 3.73. The molecule has 98 valence electrons. The van der Waals surface area contributed by atoms with E-state index in [1.807, 2.05) is 0 Å². The van der Waals surface area contributed by atoms with Crippen LogP contribution in [0.3, 0.4) is 0 Å². The molecule has 0 spiro atoms. The maximum atomic E-state index is 5.52. The minimum absolute atomic E-state index is 0.286. The van der Waals surface area contributed by atoms with Gasteiger partial charge < -0.3 is 10.1 Å². The Morgan fingerprint density at radius 2 is 1.95 bits per heavy atom. The predicted octanol–water partition coefficient (Wildman–Crippen LogP) is 4.56. The number of fused-ring (bicyclic) bond motifs is 1. The number of rotatable bonds is 3. The number of hydrogen-bond acceptors (Lipinski definition) is 2. The van der Waals surface area contributed by atoms with Crippen molar-refractivity contribution in [2.24, 2.45) is 0 Å². The van der Waals surface area contributed by atoms with Crippen LogP contribution >= 0.6 is 15.9 Å². The predicted molar refractivity (Wildman–Crippen MR) is 81.8 cm³/mol. The van der Waals surface area contributed by atoms with Gasteiger partial charge in [0, 0.05) is 22.6 Å². The van der Waals surface area contributed by atoms with Crippen LogP contribution in [0.5, 0.6) is 5.75 Å². The molecule has 0 fully saturated rings. The molecule has 3 heteroatoms. The highest BCUT2D eigenvalue weighted by atomic mass is 79.9. The largest absolute Gasteiger partial charge is 0.493 e. The summed E-state index contributed by atoms with van der Waals surface area (Å²) in [4.78, 5) is 0. The molecule has 3 rings (SSSR count). The van der Waals surface area contributed by atoms with Crippen molar-refractivity contribution < 1.29 is 4.74 Å². The van der Waals surface area contributed by atoms with E-state index in [4.69, 9.17) is 4.74 Å². The molecule has 0 saturated carbocycles. The van der Waals surface area contributed by atoms with Gasteiger partial charge in [-0.15, -0.1) is 0 Å². The molecule has 0 aliphatic carbocycles. The third-order valence-corrected chi connectivity index (χ3v) is 3.97. The van der Waals surface area contributed by atoms with Crippen molar-refractivity contribution in [2.45, 2.75) is 19.4 Å². The van der Waals surface area contributed by atoms with Gasteiger partial charge in [0.1, 0.15) is 5.75 Å². The van der Waals surface area contributed by atoms with Gasteiger partial charge in [-0.1, -0.05) is 28.1 Å². The minimum Gasteiger partial charge on any atom is -0.493 e. The lowest BCUT2D eigenvalue weighted by Crippen LogP contribution is -2.06. The van der Waals surface area contributed by atoms with Gasteiger partial charge in [0.25, 0.3) is 0 Å². The average molecular weight is 318 g/mol. The van der Waals surface area contributed by atoms with Crippen LogP contribution in [0.2, 0.25) is 0 Å². The van der Waals surface area contributed by atoms with Crippen molar-refractivity contribution in [1.82, 2.24) is 0 Å². The number of anilines is 1. The molecular weight excluding hydrogens is 302 g/mol. The molecule has 0 radical (unpaired) electrons. The Kier molecular flexibility index (Phi) is 3.47. The van der Waals surface area contributed by atoms with Crippen LogP contribution in [-0.4, -0.2) is 6.61 Å². The van der Waals surface area contributed by atoms with E-state index in [2.05, 4.69) is 70.6 Å². The lowest BCUT2D eigenvalue weighted by molar-refractivity contribution is 0.357. The summed E-state index contributed by atoms with van der Waals surface area (Å²) >= 11 is 3.46. The van der Waals surface area contributed by atoms with Crippen LogP contribution in [0, 0.1) is 0 Å². The Hall–Kier alpha value is -1.48. The van der Waals surface area contributed by atoms with Gasteiger partial charge in [-0.05, 0) is 48.4 Å². The zero-order valence-electron chi connectivity index (χ0n) is 10.8. The van der Waals surface area contributed by atoms with Crippen molar-refractivity contribution in [3.63, 3.8) is 0 Å². The number of nitrogens with one attached hydrogen (secondary N) is 1. The van der Waals surface area contributed by atoms with E-state index in [0.717, 1.165) is 28.9 Å². The fourth-order valence-corrected chi connectivity index (χ4v) is 2.63. The molecule has 0 saturated heterocycles. The first-order valence-electron chi connectivity index (χ1n) is 6.50. The number of benzene rings is 2. The molecule has 2 nitrogen and oxygen atoms in total. The molecule has 2 aromatic rings. The lowest BCUT2D eigenvalue weighted by Gasteiger charge is -2.16. The first kappa shape index (κ1) is 12.5. The molecular formula is C16H16BrNO. The number of hydrogen-bond donors (Lipinski definition) is 1. The first-order valence-corrected chi connectivity index (χ1v) is 7.29. The Labute approximate surface area is 121 Å². The summed E-state index contributed by atoms with van der Waals surface area (Å²) < 4.78 is 6.63. The summed E-state index contributed by atoms with van der Waals surface area (Å²) in [6.07, 6.45) is 1.01. The Balaban J connectivity index is 1.75. The summed E-state index contributed by atoms with van der Waals surface area (Å²) in [6.45, 7) is 2.98. The molecule has 19 heavy (non-hydrogen) atoms. The van der Waals surface area contributed by atoms with E-state index in [1.165, 1.54) is 11.1 Å². The van der Waals surface area contributed by atoms with E-state index < -0.39 is 0 Å². The second-order valence-electron chi connectivity index (χ2n) is 4.84. The second-order valence-corrected chi connectivity index (χ2v) is 5.75. The highest BCUT2D eigenvalue weighted by Gasteiger charge is 2.13. The van der Waals surface area contributed by atoms with E-state index in [-0.39, 0.29) is 6.04 Å². The Morgan fingerprint density at radius 1 is 1.16 bits per heavy atom. The maximum Gasteiger partial charge on any atom is 0.122 e. The van der Waals surface area contributed by atoms with Crippen molar-refractivity contribution >= 4 is 21.6 Å². The zero-order chi connectivity index (χ0) is 13.2. The molecule has 1 aliphatic heterocycles. The molecule has 0 aromatic heterocycles. The van der Waals surface area contributed by atoms with Crippen molar-refractivity contribution in [2.75, 3.05) is 11.9 Å². The highest BCUT2D eigenvalue weighted by molar-refractivity contribution is 9.10. The molecule has 1 atom stereocenters. The second kappa shape index (κ2) is 5.25. The zero-order valence-corrected chi connectivity index (χ0v) is 12.4. The van der Waals surface area contributed by atoms with Gasteiger partial charge in [-0.3, -0.25) is 0 Å². The Bertz CT molecular complexity index is 580. The first-order chi connectivity index (χ1) is 9.22. The standard InChI is InChI=1S/C16H16BrNO/c1-11(12-2-4-14(17)5-3-12)18-15-6-7-16-13(10-15)8-9-19-16/h2-7,10-11,18H,8-9H2,1H3. The molecule has 1 aliphatic rings. The fourth-order valence-electron chi connectivity index (χ4n) is 2.36. The lowest BCUT2D eigenvalue weighted by atomic mass is 10.1.